The quantitative estimate of drug-likeness (QED) is 0.917. The van der Waals surface area contributed by atoms with Crippen LogP contribution in [-0.4, -0.2) is 52.3 Å². The lowest BCUT2D eigenvalue weighted by Gasteiger charge is -2.40. The van der Waals surface area contributed by atoms with E-state index < -0.39 is 6.10 Å². The number of aliphatic hydroxyl groups is 1. The lowest BCUT2D eigenvalue weighted by atomic mass is 10.1. The third-order valence-electron chi connectivity index (χ3n) is 4.50. The first-order valence-corrected chi connectivity index (χ1v) is 8.23. The van der Waals surface area contributed by atoms with Crippen molar-refractivity contribution in [3.05, 3.63) is 53.4 Å². The molecule has 0 aliphatic carbocycles. The van der Waals surface area contributed by atoms with Gasteiger partial charge in [0.2, 0.25) is 0 Å². The van der Waals surface area contributed by atoms with E-state index in [-0.39, 0.29) is 0 Å². The standard InChI is InChI=1S/C18H25N3O2/c1-14-10-17(23-19-14)12-20-8-9-21(15(2)11-20)13-18(22)16-6-4-3-5-7-16/h3-7,10,15,18,22H,8-9,11-13H2,1-2H3/t15-,18+/m1/s1. The number of aryl methyl sites for hydroxylation is 1. The minimum Gasteiger partial charge on any atom is -0.387 e. The van der Waals surface area contributed by atoms with E-state index in [1.807, 2.05) is 43.3 Å². The highest BCUT2D eigenvalue weighted by Gasteiger charge is 2.26. The molecule has 23 heavy (non-hydrogen) atoms. The molecule has 124 valence electrons. The maximum absolute atomic E-state index is 10.4. The van der Waals surface area contributed by atoms with Gasteiger partial charge in [-0.05, 0) is 19.4 Å². The zero-order chi connectivity index (χ0) is 16.2. The number of benzene rings is 1. The van der Waals surface area contributed by atoms with Crippen molar-refractivity contribution < 1.29 is 9.63 Å². The van der Waals surface area contributed by atoms with Crippen molar-refractivity contribution in [2.45, 2.75) is 32.5 Å². The molecule has 0 bridgehead atoms. The summed E-state index contributed by atoms with van der Waals surface area (Å²) >= 11 is 0. The molecule has 5 heteroatoms. The first kappa shape index (κ1) is 16.2. The third-order valence-corrected chi connectivity index (χ3v) is 4.50. The Morgan fingerprint density at radius 3 is 2.74 bits per heavy atom. The van der Waals surface area contributed by atoms with Crippen LogP contribution in [0.5, 0.6) is 0 Å². The molecule has 0 spiro atoms. The Kier molecular flexibility index (Phi) is 5.10. The SMILES string of the molecule is Cc1cc(CN2CCN(C[C@H](O)c3ccccc3)[C@H](C)C2)on1. The van der Waals surface area contributed by atoms with E-state index in [0.717, 1.165) is 43.2 Å². The average Bonchev–Trinajstić information content (AvgIpc) is 2.96. The highest BCUT2D eigenvalue weighted by Crippen LogP contribution is 2.19. The Morgan fingerprint density at radius 2 is 2.09 bits per heavy atom. The van der Waals surface area contributed by atoms with E-state index in [4.69, 9.17) is 4.52 Å². The maximum atomic E-state index is 10.4. The number of hydrogen-bond acceptors (Lipinski definition) is 5. The molecule has 0 saturated carbocycles. The average molecular weight is 315 g/mol. The Balaban J connectivity index is 1.52. The van der Waals surface area contributed by atoms with Gasteiger partial charge in [-0.15, -0.1) is 0 Å². The summed E-state index contributed by atoms with van der Waals surface area (Å²) in [5.41, 5.74) is 1.91. The second kappa shape index (κ2) is 7.25. The summed E-state index contributed by atoms with van der Waals surface area (Å²) in [4.78, 5) is 4.75. The number of aromatic nitrogens is 1. The summed E-state index contributed by atoms with van der Waals surface area (Å²) in [6.45, 7) is 8.56. The smallest absolute Gasteiger partial charge is 0.150 e. The predicted octanol–water partition coefficient (Wildman–Crippen LogP) is 2.22. The minimum absolute atomic E-state index is 0.408. The van der Waals surface area contributed by atoms with Gasteiger partial charge >= 0.3 is 0 Å². The first-order valence-electron chi connectivity index (χ1n) is 8.23. The third kappa shape index (κ3) is 4.19. The first-order chi connectivity index (χ1) is 11.1. The van der Waals surface area contributed by atoms with Crippen LogP contribution < -0.4 is 0 Å². The fourth-order valence-corrected chi connectivity index (χ4v) is 3.20. The van der Waals surface area contributed by atoms with E-state index in [1.54, 1.807) is 0 Å². The fraction of sp³-hybridized carbons (Fsp3) is 0.500. The van der Waals surface area contributed by atoms with Crippen LogP contribution in [0.4, 0.5) is 0 Å². The zero-order valence-electron chi connectivity index (χ0n) is 13.9. The topological polar surface area (TPSA) is 52.7 Å². The van der Waals surface area contributed by atoms with Gasteiger partial charge in [0.25, 0.3) is 0 Å². The molecule has 1 N–H and O–H groups in total. The van der Waals surface area contributed by atoms with Crippen LogP contribution in [0, 0.1) is 6.92 Å². The molecule has 1 aromatic carbocycles. The maximum Gasteiger partial charge on any atom is 0.150 e. The van der Waals surface area contributed by atoms with E-state index in [9.17, 15) is 5.11 Å². The predicted molar refractivity (Wildman–Crippen MR) is 89.0 cm³/mol. The number of rotatable bonds is 5. The van der Waals surface area contributed by atoms with Crippen LogP contribution in [-0.2, 0) is 6.54 Å². The van der Waals surface area contributed by atoms with Gasteiger partial charge in [-0.1, -0.05) is 35.5 Å². The molecule has 0 unspecified atom stereocenters. The minimum atomic E-state index is -0.429. The summed E-state index contributed by atoms with van der Waals surface area (Å²) in [6, 6.07) is 12.3. The number of aliphatic hydroxyl groups excluding tert-OH is 1. The molecule has 1 aliphatic heterocycles. The van der Waals surface area contributed by atoms with Gasteiger partial charge < -0.3 is 9.63 Å². The van der Waals surface area contributed by atoms with E-state index in [0.29, 0.717) is 12.6 Å². The van der Waals surface area contributed by atoms with Crippen LogP contribution >= 0.6 is 0 Å². The van der Waals surface area contributed by atoms with E-state index in [2.05, 4.69) is 21.9 Å². The van der Waals surface area contributed by atoms with Crippen molar-refractivity contribution in [3.63, 3.8) is 0 Å². The molecule has 1 saturated heterocycles. The van der Waals surface area contributed by atoms with Crippen molar-refractivity contribution >= 4 is 0 Å². The second-order valence-corrected chi connectivity index (χ2v) is 6.44. The van der Waals surface area contributed by atoms with Crippen LogP contribution in [0.1, 0.15) is 30.0 Å². The Bertz CT molecular complexity index is 614. The molecule has 0 radical (unpaired) electrons. The van der Waals surface area contributed by atoms with Gasteiger partial charge in [0.15, 0.2) is 5.76 Å². The largest absolute Gasteiger partial charge is 0.387 e. The van der Waals surface area contributed by atoms with Gasteiger partial charge in [0.05, 0.1) is 18.3 Å². The fourth-order valence-electron chi connectivity index (χ4n) is 3.20. The van der Waals surface area contributed by atoms with Crippen molar-refractivity contribution in [2.24, 2.45) is 0 Å². The lowest BCUT2D eigenvalue weighted by molar-refractivity contribution is 0.0334. The Morgan fingerprint density at radius 1 is 1.30 bits per heavy atom. The van der Waals surface area contributed by atoms with Gasteiger partial charge in [-0.2, -0.15) is 0 Å². The van der Waals surface area contributed by atoms with Crippen molar-refractivity contribution in [2.75, 3.05) is 26.2 Å². The molecule has 1 aromatic heterocycles. The molecule has 2 aromatic rings. The summed E-state index contributed by atoms with van der Waals surface area (Å²) < 4.78 is 5.31. The number of β-amino-alcohol motifs (C(OH)–C–C–N with tert-alkyl or cyclic N) is 1. The summed E-state index contributed by atoms with van der Waals surface area (Å²) in [5.74, 6) is 0.924. The molecule has 5 nitrogen and oxygen atoms in total. The Hall–Kier alpha value is -1.69. The van der Waals surface area contributed by atoms with Crippen molar-refractivity contribution in [3.8, 4) is 0 Å². The molecule has 1 aliphatic rings. The van der Waals surface area contributed by atoms with Crippen LogP contribution in [0.25, 0.3) is 0 Å². The van der Waals surface area contributed by atoms with Gasteiger partial charge in [-0.3, -0.25) is 9.80 Å². The summed E-state index contributed by atoms with van der Waals surface area (Å²) in [6.07, 6.45) is -0.429. The van der Waals surface area contributed by atoms with Crippen molar-refractivity contribution in [1.82, 2.24) is 15.0 Å². The van der Waals surface area contributed by atoms with Gasteiger partial charge in [0, 0.05) is 38.3 Å². The second-order valence-electron chi connectivity index (χ2n) is 6.44. The van der Waals surface area contributed by atoms with Gasteiger partial charge in [-0.25, -0.2) is 0 Å². The molecular formula is C18H25N3O2. The lowest BCUT2D eigenvalue weighted by Crippen LogP contribution is -2.52. The van der Waals surface area contributed by atoms with E-state index >= 15 is 0 Å². The normalized spacial score (nSPS) is 21.4. The van der Waals surface area contributed by atoms with E-state index in [1.165, 1.54) is 0 Å². The number of piperazine rings is 1. The Labute approximate surface area is 137 Å². The summed E-state index contributed by atoms with van der Waals surface area (Å²) in [7, 11) is 0. The summed E-state index contributed by atoms with van der Waals surface area (Å²) in [5, 5.41) is 14.4. The molecular weight excluding hydrogens is 290 g/mol. The molecule has 2 heterocycles. The molecule has 2 atom stereocenters. The number of nitrogens with zero attached hydrogens (tertiary/aromatic N) is 3. The monoisotopic (exact) mass is 315 g/mol. The highest BCUT2D eigenvalue weighted by atomic mass is 16.5. The van der Waals surface area contributed by atoms with Crippen LogP contribution in [0.2, 0.25) is 0 Å². The van der Waals surface area contributed by atoms with Crippen LogP contribution in [0.15, 0.2) is 40.9 Å². The van der Waals surface area contributed by atoms with Crippen LogP contribution in [0.3, 0.4) is 0 Å². The highest BCUT2D eigenvalue weighted by molar-refractivity contribution is 5.17. The molecule has 0 amide bonds. The number of hydrogen-bond donors (Lipinski definition) is 1. The van der Waals surface area contributed by atoms with Crippen molar-refractivity contribution in [1.29, 1.82) is 0 Å². The van der Waals surface area contributed by atoms with Gasteiger partial charge in [0.1, 0.15) is 0 Å². The molecule has 3 rings (SSSR count). The zero-order valence-corrected chi connectivity index (χ0v) is 13.9. The molecule has 1 fully saturated rings.